The third kappa shape index (κ3) is 2.41. The van der Waals surface area contributed by atoms with E-state index in [1.165, 1.54) is 19.3 Å². The lowest BCUT2D eigenvalue weighted by atomic mass is 10.2. The van der Waals surface area contributed by atoms with E-state index in [1.54, 1.807) is 18.2 Å². The molecule has 2 aromatic rings. The van der Waals surface area contributed by atoms with Crippen LogP contribution in [0, 0.1) is 11.3 Å². The number of hydrogen-bond acceptors (Lipinski definition) is 4. The number of benzene rings is 1. The smallest absolute Gasteiger partial charge is 0.269 e. The lowest BCUT2D eigenvalue weighted by molar-refractivity contribution is 0.593. The Morgan fingerprint density at radius 2 is 2.05 bits per heavy atom. The number of nitrogens with one attached hydrogen (secondary N) is 1. The van der Waals surface area contributed by atoms with Gasteiger partial charge in [0.1, 0.15) is 0 Å². The standard InChI is InChI=1S/C13H11N3O3S/c1-16(11-4-2-3-10(7-11)8-14)20(18,19)13-9-15-6-5-12(13)17/h2-7,9H,1H3,(H,15,17). The lowest BCUT2D eigenvalue weighted by Crippen LogP contribution is -2.30. The molecule has 1 aromatic carbocycles. The Morgan fingerprint density at radius 1 is 1.30 bits per heavy atom. The Hall–Kier alpha value is -2.59. The fourth-order valence-electron chi connectivity index (χ4n) is 1.66. The molecule has 2 rings (SSSR count). The van der Waals surface area contributed by atoms with Crippen LogP contribution in [0.4, 0.5) is 5.69 Å². The number of anilines is 1. The van der Waals surface area contributed by atoms with Gasteiger partial charge in [-0.25, -0.2) is 8.42 Å². The largest absolute Gasteiger partial charge is 0.366 e. The third-order valence-corrected chi connectivity index (χ3v) is 4.57. The topological polar surface area (TPSA) is 94.0 Å². The summed E-state index contributed by atoms with van der Waals surface area (Å²) in [5, 5.41) is 8.83. The highest BCUT2D eigenvalue weighted by Gasteiger charge is 2.24. The first-order valence-corrected chi connectivity index (χ1v) is 7.07. The Bertz CT molecular complexity index is 834. The second-order valence-corrected chi connectivity index (χ2v) is 5.95. The fourth-order valence-corrected chi connectivity index (χ4v) is 2.89. The zero-order valence-electron chi connectivity index (χ0n) is 10.6. The molecule has 0 unspecified atom stereocenters. The van der Waals surface area contributed by atoms with Crippen molar-refractivity contribution in [1.29, 1.82) is 5.26 Å². The molecule has 0 spiro atoms. The average Bonchev–Trinajstić information content (AvgIpc) is 2.46. The quantitative estimate of drug-likeness (QED) is 0.914. The number of rotatable bonds is 3. The predicted octanol–water partition coefficient (Wildman–Crippen LogP) is 1.07. The Balaban J connectivity index is 2.52. The van der Waals surface area contributed by atoms with Crippen molar-refractivity contribution in [2.24, 2.45) is 0 Å². The molecule has 0 fully saturated rings. The predicted molar refractivity (Wildman–Crippen MR) is 73.8 cm³/mol. The highest BCUT2D eigenvalue weighted by atomic mass is 32.2. The molecule has 0 aliphatic heterocycles. The van der Waals surface area contributed by atoms with E-state index >= 15 is 0 Å². The van der Waals surface area contributed by atoms with Crippen LogP contribution in [0.15, 0.2) is 52.4 Å². The maximum Gasteiger partial charge on any atom is 0.269 e. The Kier molecular flexibility index (Phi) is 3.59. The molecule has 0 radical (unpaired) electrons. The summed E-state index contributed by atoms with van der Waals surface area (Å²) in [5.74, 6) is 0. The van der Waals surface area contributed by atoms with Gasteiger partial charge in [0.15, 0.2) is 4.90 Å². The highest BCUT2D eigenvalue weighted by Crippen LogP contribution is 2.20. The Labute approximate surface area is 116 Å². The molecule has 1 heterocycles. The summed E-state index contributed by atoms with van der Waals surface area (Å²) >= 11 is 0. The second-order valence-electron chi connectivity index (χ2n) is 4.01. The summed E-state index contributed by atoms with van der Waals surface area (Å²) in [7, 11) is -2.64. The number of sulfonamides is 1. The molecular formula is C13H11N3O3S. The third-order valence-electron chi connectivity index (χ3n) is 2.77. The van der Waals surface area contributed by atoms with Gasteiger partial charge in [-0.1, -0.05) is 6.07 Å². The molecule has 0 aliphatic carbocycles. The first kappa shape index (κ1) is 13.8. The van der Waals surface area contributed by atoms with Crippen molar-refractivity contribution in [3.05, 3.63) is 58.5 Å². The molecule has 6 nitrogen and oxygen atoms in total. The van der Waals surface area contributed by atoms with Crippen LogP contribution >= 0.6 is 0 Å². The monoisotopic (exact) mass is 289 g/mol. The summed E-state index contributed by atoms with van der Waals surface area (Å²) in [4.78, 5) is 13.9. The first-order valence-electron chi connectivity index (χ1n) is 5.63. The van der Waals surface area contributed by atoms with Gasteiger partial charge in [-0.15, -0.1) is 0 Å². The maximum absolute atomic E-state index is 12.4. The van der Waals surface area contributed by atoms with E-state index in [0.29, 0.717) is 11.3 Å². The average molecular weight is 289 g/mol. The van der Waals surface area contributed by atoms with Crippen LogP contribution in [-0.2, 0) is 10.0 Å². The van der Waals surface area contributed by atoms with Gasteiger partial charge in [0, 0.05) is 25.5 Å². The molecule has 0 amide bonds. The van der Waals surface area contributed by atoms with E-state index in [-0.39, 0.29) is 4.90 Å². The van der Waals surface area contributed by atoms with Crippen LogP contribution in [0.1, 0.15) is 5.56 Å². The first-order chi connectivity index (χ1) is 9.46. The molecule has 0 saturated heterocycles. The molecule has 0 atom stereocenters. The molecule has 0 aliphatic rings. The van der Waals surface area contributed by atoms with Crippen LogP contribution in [-0.4, -0.2) is 20.4 Å². The molecule has 0 saturated carbocycles. The van der Waals surface area contributed by atoms with Crippen LogP contribution in [0.25, 0.3) is 0 Å². The van der Waals surface area contributed by atoms with Crippen LogP contribution in [0.2, 0.25) is 0 Å². The van der Waals surface area contributed by atoms with E-state index in [4.69, 9.17) is 5.26 Å². The highest BCUT2D eigenvalue weighted by molar-refractivity contribution is 7.92. The Morgan fingerprint density at radius 3 is 2.70 bits per heavy atom. The minimum atomic E-state index is -3.97. The van der Waals surface area contributed by atoms with Gasteiger partial charge in [0.25, 0.3) is 10.0 Å². The molecular weight excluding hydrogens is 278 g/mol. The second kappa shape index (κ2) is 5.19. The van der Waals surface area contributed by atoms with Gasteiger partial charge in [-0.2, -0.15) is 5.26 Å². The van der Waals surface area contributed by atoms with Crippen LogP contribution in [0.3, 0.4) is 0 Å². The van der Waals surface area contributed by atoms with Crippen molar-refractivity contribution in [2.45, 2.75) is 4.90 Å². The molecule has 20 heavy (non-hydrogen) atoms. The van der Waals surface area contributed by atoms with Gasteiger partial charge >= 0.3 is 0 Å². The maximum atomic E-state index is 12.4. The van der Waals surface area contributed by atoms with Crippen molar-refractivity contribution in [2.75, 3.05) is 11.4 Å². The summed E-state index contributed by atoms with van der Waals surface area (Å²) in [6.07, 6.45) is 2.50. The minimum Gasteiger partial charge on any atom is -0.366 e. The number of hydrogen-bond donors (Lipinski definition) is 1. The molecule has 7 heteroatoms. The van der Waals surface area contributed by atoms with E-state index in [0.717, 1.165) is 16.6 Å². The number of nitriles is 1. The van der Waals surface area contributed by atoms with Crippen molar-refractivity contribution in [3.63, 3.8) is 0 Å². The number of H-pyrrole nitrogens is 1. The van der Waals surface area contributed by atoms with Gasteiger partial charge in [-0.05, 0) is 18.2 Å². The number of nitrogens with zero attached hydrogens (tertiary/aromatic N) is 2. The minimum absolute atomic E-state index is 0.312. The van der Waals surface area contributed by atoms with Gasteiger partial charge in [0.05, 0.1) is 17.3 Å². The fraction of sp³-hybridized carbons (Fsp3) is 0.0769. The van der Waals surface area contributed by atoms with E-state index in [9.17, 15) is 13.2 Å². The van der Waals surface area contributed by atoms with Gasteiger partial charge < -0.3 is 4.98 Å². The van der Waals surface area contributed by atoms with Gasteiger partial charge in [0.2, 0.25) is 5.43 Å². The van der Waals surface area contributed by atoms with Crippen molar-refractivity contribution < 1.29 is 8.42 Å². The van der Waals surface area contributed by atoms with Crippen molar-refractivity contribution in [1.82, 2.24) is 4.98 Å². The van der Waals surface area contributed by atoms with Gasteiger partial charge in [-0.3, -0.25) is 9.10 Å². The van der Waals surface area contributed by atoms with Crippen molar-refractivity contribution >= 4 is 15.7 Å². The lowest BCUT2D eigenvalue weighted by Gasteiger charge is -2.19. The summed E-state index contributed by atoms with van der Waals surface area (Å²) < 4.78 is 25.7. The molecule has 1 aromatic heterocycles. The zero-order chi connectivity index (χ0) is 14.8. The summed E-state index contributed by atoms with van der Waals surface area (Å²) in [6, 6.07) is 9.22. The SMILES string of the molecule is CN(c1cccc(C#N)c1)S(=O)(=O)c1c[nH]ccc1=O. The normalized spacial score (nSPS) is 10.8. The zero-order valence-corrected chi connectivity index (χ0v) is 11.4. The van der Waals surface area contributed by atoms with Crippen LogP contribution < -0.4 is 9.73 Å². The number of pyridine rings is 1. The molecule has 0 bridgehead atoms. The summed E-state index contributed by atoms with van der Waals surface area (Å²) in [6.45, 7) is 0. The number of aromatic nitrogens is 1. The van der Waals surface area contributed by atoms with E-state index < -0.39 is 15.5 Å². The summed E-state index contributed by atoms with van der Waals surface area (Å²) in [5.41, 5.74) is 0.0610. The van der Waals surface area contributed by atoms with E-state index in [1.807, 2.05) is 6.07 Å². The van der Waals surface area contributed by atoms with Crippen molar-refractivity contribution in [3.8, 4) is 6.07 Å². The molecule has 1 N–H and O–H groups in total. The van der Waals surface area contributed by atoms with Crippen LogP contribution in [0.5, 0.6) is 0 Å². The van der Waals surface area contributed by atoms with E-state index in [2.05, 4.69) is 4.98 Å². The molecule has 102 valence electrons. The number of aromatic amines is 1.